The van der Waals surface area contributed by atoms with Crippen LogP contribution in [0.5, 0.6) is 0 Å². The zero-order chi connectivity index (χ0) is 13.7. The van der Waals surface area contributed by atoms with E-state index < -0.39 is 0 Å². The molecule has 1 saturated carbocycles. The lowest BCUT2D eigenvalue weighted by Gasteiger charge is -2.22. The molecule has 0 bridgehead atoms. The van der Waals surface area contributed by atoms with Gasteiger partial charge in [0.25, 0.3) is 0 Å². The molecule has 0 radical (unpaired) electrons. The maximum absolute atomic E-state index is 3.83. The van der Waals surface area contributed by atoms with Crippen LogP contribution in [0.2, 0.25) is 0 Å². The van der Waals surface area contributed by atoms with Gasteiger partial charge in [-0.1, -0.05) is 31.9 Å². The zero-order valence-electron chi connectivity index (χ0n) is 12.5. The van der Waals surface area contributed by atoms with E-state index in [1.165, 1.54) is 42.6 Å². The van der Waals surface area contributed by atoms with Gasteiger partial charge in [-0.25, -0.2) is 0 Å². The molecule has 0 aromatic heterocycles. The lowest BCUT2D eigenvalue weighted by molar-refractivity contribution is 0.408. The number of benzene rings is 1. The topological polar surface area (TPSA) is 12.0 Å². The van der Waals surface area contributed by atoms with Crippen LogP contribution in [0, 0.1) is 5.92 Å². The Hall–Kier alpha value is -0.470. The average molecular weight is 277 g/mol. The Labute approximate surface area is 122 Å². The van der Waals surface area contributed by atoms with E-state index in [4.69, 9.17) is 0 Å². The minimum Gasteiger partial charge on any atom is -0.307 e. The van der Waals surface area contributed by atoms with Crippen molar-refractivity contribution >= 4 is 11.8 Å². The monoisotopic (exact) mass is 277 g/mol. The molecule has 1 nitrogen and oxygen atoms in total. The van der Waals surface area contributed by atoms with Gasteiger partial charge in [-0.05, 0) is 56.1 Å². The predicted molar refractivity (Wildman–Crippen MR) is 85.8 cm³/mol. The fourth-order valence-electron chi connectivity index (χ4n) is 3.00. The summed E-state index contributed by atoms with van der Waals surface area (Å²) in [4.78, 5) is 1.35. The molecule has 1 aromatic carbocycles. The molecular formula is C17H27NS. The van der Waals surface area contributed by atoms with Crippen LogP contribution < -0.4 is 5.32 Å². The van der Waals surface area contributed by atoms with Crippen LogP contribution in [0.15, 0.2) is 29.2 Å². The van der Waals surface area contributed by atoms with Crippen LogP contribution >= 0.6 is 11.8 Å². The smallest absolute Gasteiger partial charge is 0.0294 e. The Morgan fingerprint density at radius 2 is 1.84 bits per heavy atom. The summed E-state index contributed by atoms with van der Waals surface area (Å²) in [5, 5.41) is 3.83. The molecule has 0 heterocycles. The fraction of sp³-hybridized carbons (Fsp3) is 0.647. The molecule has 1 aliphatic carbocycles. The largest absolute Gasteiger partial charge is 0.307 e. The SMILES string of the molecule is CSc1ccc(C(C)NC2CCCC(C)CC2)cc1. The third-order valence-electron chi connectivity index (χ3n) is 4.36. The van der Waals surface area contributed by atoms with Crippen molar-refractivity contribution in [3.63, 3.8) is 0 Å². The van der Waals surface area contributed by atoms with Crippen molar-refractivity contribution in [1.82, 2.24) is 5.32 Å². The molecule has 1 aromatic rings. The number of thioether (sulfide) groups is 1. The molecule has 2 rings (SSSR count). The average Bonchev–Trinajstić information content (AvgIpc) is 2.64. The highest BCUT2D eigenvalue weighted by Gasteiger charge is 2.18. The van der Waals surface area contributed by atoms with Gasteiger partial charge < -0.3 is 5.32 Å². The molecule has 3 atom stereocenters. The minimum absolute atomic E-state index is 0.467. The van der Waals surface area contributed by atoms with Crippen molar-refractivity contribution in [1.29, 1.82) is 0 Å². The molecule has 0 saturated heterocycles. The van der Waals surface area contributed by atoms with E-state index in [0.717, 1.165) is 5.92 Å². The molecule has 1 aliphatic rings. The lowest BCUT2D eigenvalue weighted by Crippen LogP contribution is -2.31. The highest BCUT2D eigenvalue weighted by atomic mass is 32.2. The predicted octanol–water partition coefficient (Wildman–Crippen LogP) is 5.03. The Kier molecular flexibility index (Phi) is 5.77. The summed E-state index contributed by atoms with van der Waals surface area (Å²) in [6, 6.07) is 10.2. The minimum atomic E-state index is 0.467. The molecule has 19 heavy (non-hydrogen) atoms. The van der Waals surface area contributed by atoms with Gasteiger partial charge in [-0.15, -0.1) is 11.8 Å². The Bertz CT molecular complexity index is 373. The van der Waals surface area contributed by atoms with Crippen molar-refractivity contribution in [2.24, 2.45) is 5.92 Å². The molecule has 2 heteroatoms. The van der Waals surface area contributed by atoms with Gasteiger partial charge in [0.1, 0.15) is 0 Å². The highest BCUT2D eigenvalue weighted by Crippen LogP contribution is 2.25. The second-order valence-electron chi connectivity index (χ2n) is 5.97. The first-order valence-corrected chi connectivity index (χ1v) is 8.81. The highest BCUT2D eigenvalue weighted by molar-refractivity contribution is 7.98. The van der Waals surface area contributed by atoms with Gasteiger partial charge in [-0.2, -0.15) is 0 Å². The summed E-state index contributed by atoms with van der Waals surface area (Å²) >= 11 is 1.81. The third kappa shape index (κ3) is 4.54. The summed E-state index contributed by atoms with van der Waals surface area (Å²) in [6.45, 7) is 4.69. The van der Waals surface area contributed by atoms with Gasteiger partial charge in [0.2, 0.25) is 0 Å². The lowest BCUT2D eigenvalue weighted by atomic mass is 10.0. The second kappa shape index (κ2) is 7.35. The van der Waals surface area contributed by atoms with Crippen molar-refractivity contribution in [2.45, 2.75) is 62.9 Å². The van der Waals surface area contributed by atoms with E-state index in [1.807, 2.05) is 11.8 Å². The first-order chi connectivity index (χ1) is 9.19. The third-order valence-corrected chi connectivity index (χ3v) is 5.10. The molecule has 1 fully saturated rings. The molecule has 106 valence electrons. The Morgan fingerprint density at radius 1 is 1.11 bits per heavy atom. The van der Waals surface area contributed by atoms with Crippen molar-refractivity contribution in [3.8, 4) is 0 Å². The number of rotatable bonds is 4. The second-order valence-corrected chi connectivity index (χ2v) is 6.85. The number of nitrogens with one attached hydrogen (secondary N) is 1. The fourth-order valence-corrected chi connectivity index (χ4v) is 3.40. The maximum atomic E-state index is 3.83. The quantitative estimate of drug-likeness (QED) is 0.612. The van der Waals surface area contributed by atoms with E-state index in [-0.39, 0.29) is 0 Å². The first-order valence-electron chi connectivity index (χ1n) is 7.59. The first kappa shape index (κ1) is 14.9. The summed E-state index contributed by atoms with van der Waals surface area (Å²) < 4.78 is 0. The molecular weight excluding hydrogens is 250 g/mol. The van der Waals surface area contributed by atoms with Crippen molar-refractivity contribution in [3.05, 3.63) is 29.8 Å². The molecule has 0 aliphatic heterocycles. The van der Waals surface area contributed by atoms with E-state index >= 15 is 0 Å². The van der Waals surface area contributed by atoms with Crippen LogP contribution in [0.25, 0.3) is 0 Å². The Balaban J connectivity index is 1.90. The van der Waals surface area contributed by atoms with Crippen molar-refractivity contribution < 1.29 is 0 Å². The number of hydrogen-bond acceptors (Lipinski definition) is 2. The van der Waals surface area contributed by atoms with E-state index in [2.05, 4.69) is 49.7 Å². The maximum Gasteiger partial charge on any atom is 0.0294 e. The molecule has 0 spiro atoms. The number of hydrogen-bond donors (Lipinski definition) is 1. The van der Waals surface area contributed by atoms with Gasteiger partial charge in [0, 0.05) is 17.0 Å². The molecule has 3 unspecified atom stereocenters. The van der Waals surface area contributed by atoms with Gasteiger partial charge in [0.05, 0.1) is 0 Å². The van der Waals surface area contributed by atoms with Crippen LogP contribution in [0.3, 0.4) is 0 Å². The summed E-state index contributed by atoms with van der Waals surface area (Å²) in [7, 11) is 0. The standard InChI is InChI=1S/C17H27NS/c1-13-5-4-6-16(10-7-13)18-14(2)15-8-11-17(19-3)12-9-15/h8-9,11-14,16,18H,4-7,10H2,1-3H3. The van der Waals surface area contributed by atoms with Gasteiger partial charge in [-0.3, -0.25) is 0 Å². The van der Waals surface area contributed by atoms with Gasteiger partial charge in [0.15, 0.2) is 0 Å². The Morgan fingerprint density at radius 3 is 2.53 bits per heavy atom. The molecule has 0 amide bonds. The zero-order valence-corrected chi connectivity index (χ0v) is 13.3. The van der Waals surface area contributed by atoms with Crippen LogP contribution in [-0.4, -0.2) is 12.3 Å². The summed E-state index contributed by atoms with van der Waals surface area (Å²) in [5.74, 6) is 0.919. The normalized spacial score (nSPS) is 25.8. The summed E-state index contributed by atoms with van der Waals surface area (Å²) in [5.41, 5.74) is 1.41. The van der Waals surface area contributed by atoms with Crippen LogP contribution in [0.4, 0.5) is 0 Å². The van der Waals surface area contributed by atoms with Crippen LogP contribution in [-0.2, 0) is 0 Å². The van der Waals surface area contributed by atoms with Crippen LogP contribution in [0.1, 0.15) is 57.6 Å². The van der Waals surface area contributed by atoms with E-state index in [0.29, 0.717) is 12.1 Å². The van der Waals surface area contributed by atoms with E-state index in [9.17, 15) is 0 Å². The van der Waals surface area contributed by atoms with Gasteiger partial charge >= 0.3 is 0 Å². The molecule has 1 N–H and O–H groups in total. The summed E-state index contributed by atoms with van der Waals surface area (Å²) in [6.07, 6.45) is 9.00. The van der Waals surface area contributed by atoms with E-state index in [1.54, 1.807) is 0 Å². The van der Waals surface area contributed by atoms with Crippen molar-refractivity contribution in [2.75, 3.05) is 6.26 Å².